The third-order valence-corrected chi connectivity index (χ3v) is 4.42. The van der Waals surface area contributed by atoms with Crippen LogP contribution in [-0.4, -0.2) is 83.0 Å². The number of nitrogens with one attached hydrogen (secondary N) is 1. The summed E-state index contributed by atoms with van der Waals surface area (Å²) >= 11 is 0. The summed E-state index contributed by atoms with van der Waals surface area (Å²) in [6.07, 6.45) is 5.32. The summed E-state index contributed by atoms with van der Waals surface area (Å²) in [5, 5.41) is 2.96. The van der Waals surface area contributed by atoms with Crippen molar-refractivity contribution in [3.8, 4) is 0 Å². The van der Waals surface area contributed by atoms with Crippen LogP contribution in [0.3, 0.4) is 0 Å². The van der Waals surface area contributed by atoms with Crippen LogP contribution in [-0.2, 0) is 23.8 Å². The van der Waals surface area contributed by atoms with Gasteiger partial charge in [-0.15, -0.1) is 0 Å². The normalized spacial score (nSPS) is 12.2. The van der Waals surface area contributed by atoms with Crippen molar-refractivity contribution < 1.29 is 23.8 Å². The molecule has 0 rings (SSSR count). The summed E-state index contributed by atoms with van der Waals surface area (Å²) in [7, 11) is 3.26. The van der Waals surface area contributed by atoms with E-state index in [9.17, 15) is 9.59 Å². The smallest absolute Gasteiger partial charge is 0.249 e. The molecule has 8 nitrogen and oxygen atoms in total. The zero-order valence-electron chi connectivity index (χ0n) is 18.2. The van der Waals surface area contributed by atoms with Gasteiger partial charge in [-0.05, 0) is 25.3 Å². The Bertz CT molecular complexity index is 407. The molecule has 0 fully saturated rings. The fraction of sp³-hybridized carbons (Fsp3) is 0.900. The van der Waals surface area contributed by atoms with Gasteiger partial charge in [-0.3, -0.25) is 9.59 Å². The number of unbranched alkanes of at least 4 members (excludes halogenated alkanes) is 4. The molecule has 166 valence electrons. The van der Waals surface area contributed by atoms with Gasteiger partial charge in [0.1, 0.15) is 12.6 Å². The summed E-state index contributed by atoms with van der Waals surface area (Å²) in [6.45, 7) is 6.92. The van der Waals surface area contributed by atoms with Crippen LogP contribution in [0, 0.1) is 5.92 Å². The Morgan fingerprint density at radius 3 is 2.21 bits per heavy atom. The maximum atomic E-state index is 12.5. The largest absolute Gasteiger partial charge is 0.382 e. The number of nitrogens with two attached hydrogens (primary N) is 1. The highest BCUT2D eigenvalue weighted by Gasteiger charge is 2.29. The number of hydrogen-bond donors (Lipinski definition) is 2. The molecule has 1 unspecified atom stereocenters. The first kappa shape index (κ1) is 26.8. The first-order valence-corrected chi connectivity index (χ1v) is 10.3. The van der Waals surface area contributed by atoms with E-state index in [1.807, 2.05) is 13.8 Å². The van der Waals surface area contributed by atoms with Crippen molar-refractivity contribution in [1.82, 2.24) is 10.2 Å². The molecule has 0 radical (unpaired) electrons. The van der Waals surface area contributed by atoms with Crippen LogP contribution in [0.4, 0.5) is 0 Å². The van der Waals surface area contributed by atoms with E-state index in [0.29, 0.717) is 33.0 Å². The average molecular weight is 404 g/mol. The second-order valence-corrected chi connectivity index (χ2v) is 7.20. The Balaban J connectivity index is 4.15. The number of carbonyl (C=O) groups is 2. The highest BCUT2D eigenvalue weighted by molar-refractivity contribution is 5.88. The van der Waals surface area contributed by atoms with Gasteiger partial charge in [0.05, 0.1) is 26.4 Å². The third-order valence-electron chi connectivity index (χ3n) is 4.42. The molecule has 0 aliphatic carbocycles. The zero-order chi connectivity index (χ0) is 21.2. The minimum atomic E-state index is -0.508. The van der Waals surface area contributed by atoms with Crippen LogP contribution < -0.4 is 11.1 Å². The van der Waals surface area contributed by atoms with Gasteiger partial charge in [0, 0.05) is 20.7 Å². The lowest BCUT2D eigenvalue weighted by Gasteiger charge is -2.30. The van der Waals surface area contributed by atoms with Gasteiger partial charge in [-0.25, -0.2) is 0 Å². The Morgan fingerprint density at radius 2 is 1.57 bits per heavy atom. The lowest BCUT2D eigenvalue weighted by atomic mass is 10.0. The predicted octanol–water partition coefficient (Wildman–Crippen LogP) is 1.17. The number of rotatable bonds is 18. The Hall–Kier alpha value is -1.22. The zero-order valence-corrected chi connectivity index (χ0v) is 18.2. The second kappa shape index (κ2) is 17.8. The maximum absolute atomic E-state index is 12.5. The van der Waals surface area contributed by atoms with Crippen LogP contribution in [0.25, 0.3) is 0 Å². The van der Waals surface area contributed by atoms with E-state index in [4.69, 9.17) is 19.9 Å². The molecule has 0 aliphatic heterocycles. The van der Waals surface area contributed by atoms with Crippen LogP contribution in [0.2, 0.25) is 0 Å². The Labute approximate surface area is 170 Å². The Kier molecular flexibility index (Phi) is 17.1. The van der Waals surface area contributed by atoms with Gasteiger partial charge in [-0.2, -0.15) is 0 Å². The van der Waals surface area contributed by atoms with E-state index in [2.05, 4.69) is 5.32 Å². The number of likely N-dealkylation sites (N-methyl/N-ethyl adjacent to an activating group) is 1. The summed E-state index contributed by atoms with van der Waals surface area (Å²) in [5.41, 5.74) is 5.48. The van der Waals surface area contributed by atoms with E-state index in [1.54, 1.807) is 14.2 Å². The molecule has 0 saturated heterocycles. The van der Waals surface area contributed by atoms with Crippen molar-refractivity contribution in [1.29, 1.82) is 0 Å². The number of ether oxygens (including phenoxy) is 3. The summed E-state index contributed by atoms with van der Waals surface area (Å²) in [4.78, 5) is 26.4. The first-order chi connectivity index (χ1) is 13.5. The van der Waals surface area contributed by atoms with Gasteiger partial charge in [0.25, 0.3) is 0 Å². The van der Waals surface area contributed by atoms with Crippen LogP contribution in [0.5, 0.6) is 0 Å². The highest BCUT2D eigenvalue weighted by Crippen LogP contribution is 2.10. The van der Waals surface area contributed by atoms with Crippen molar-refractivity contribution in [2.24, 2.45) is 11.7 Å². The first-order valence-electron chi connectivity index (χ1n) is 10.3. The maximum Gasteiger partial charge on any atom is 0.249 e. The fourth-order valence-electron chi connectivity index (χ4n) is 2.82. The van der Waals surface area contributed by atoms with Crippen molar-refractivity contribution >= 4 is 11.8 Å². The molecule has 2 amide bonds. The van der Waals surface area contributed by atoms with Gasteiger partial charge >= 0.3 is 0 Å². The third kappa shape index (κ3) is 13.0. The van der Waals surface area contributed by atoms with Gasteiger partial charge in [0.2, 0.25) is 11.8 Å². The van der Waals surface area contributed by atoms with Crippen molar-refractivity contribution in [3.05, 3.63) is 0 Å². The van der Waals surface area contributed by atoms with Crippen molar-refractivity contribution in [2.75, 3.05) is 60.3 Å². The highest BCUT2D eigenvalue weighted by atomic mass is 16.5. The molecule has 0 aromatic carbocycles. The van der Waals surface area contributed by atoms with Gasteiger partial charge < -0.3 is 30.2 Å². The molecule has 8 heteroatoms. The lowest BCUT2D eigenvalue weighted by Crippen LogP contribution is -2.51. The molecule has 0 spiro atoms. The van der Waals surface area contributed by atoms with E-state index >= 15 is 0 Å². The second-order valence-electron chi connectivity index (χ2n) is 7.20. The van der Waals surface area contributed by atoms with Crippen molar-refractivity contribution in [3.63, 3.8) is 0 Å². The van der Waals surface area contributed by atoms with E-state index in [1.165, 1.54) is 4.90 Å². The molecule has 3 N–H and O–H groups in total. The number of carbonyl (C=O) groups excluding carboxylic acids is 2. The number of amides is 2. The van der Waals surface area contributed by atoms with Gasteiger partial charge in [0.15, 0.2) is 0 Å². The van der Waals surface area contributed by atoms with Crippen LogP contribution in [0.1, 0.15) is 46.0 Å². The lowest BCUT2D eigenvalue weighted by molar-refractivity contribution is -0.144. The van der Waals surface area contributed by atoms with E-state index in [-0.39, 0.29) is 24.3 Å². The molecule has 0 heterocycles. The Morgan fingerprint density at radius 1 is 0.964 bits per heavy atom. The molecule has 0 bridgehead atoms. The summed E-state index contributed by atoms with van der Waals surface area (Å²) in [5.74, 6) is -0.320. The quantitative estimate of drug-likeness (QED) is 0.333. The molecular formula is C20H41N3O5. The van der Waals surface area contributed by atoms with E-state index in [0.717, 1.165) is 38.6 Å². The molecule has 0 aliphatic rings. The molecule has 1 atom stereocenters. The minimum absolute atomic E-state index is 0.0101. The topological polar surface area (TPSA) is 103 Å². The summed E-state index contributed by atoms with van der Waals surface area (Å²) < 4.78 is 15.5. The molecule has 28 heavy (non-hydrogen) atoms. The van der Waals surface area contributed by atoms with E-state index < -0.39 is 6.04 Å². The SMILES string of the molecule is COCCOCCOCC(=O)N(C)C(C(=O)NCCCCCCCN)C(C)C. The summed E-state index contributed by atoms with van der Waals surface area (Å²) in [6, 6.07) is -0.508. The molecule has 0 aromatic rings. The number of methoxy groups -OCH3 is 1. The number of nitrogens with zero attached hydrogens (tertiary/aromatic N) is 1. The fourth-order valence-corrected chi connectivity index (χ4v) is 2.82. The standard InChI is InChI=1S/C20H41N3O5/c1-17(2)19(20(25)22-11-9-7-5-6-8-10-21)23(3)18(24)16-28-15-14-27-13-12-26-4/h17,19H,5-16,21H2,1-4H3,(H,22,25). The van der Waals surface area contributed by atoms with Crippen molar-refractivity contribution in [2.45, 2.75) is 52.0 Å². The predicted molar refractivity (Wildman–Crippen MR) is 110 cm³/mol. The van der Waals surface area contributed by atoms with Crippen LogP contribution in [0.15, 0.2) is 0 Å². The average Bonchev–Trinajstić information content (AvgIpc) is 2.66. The molecular weight excluding hydrogens is 362 g/mol. The number of hydrogen-bond acceptors (Lipinski definition) is 6. The van der Waals surface area contributed by atoms with Crippen LogP contribution >= 0.6 is 0 Å². The van der Waals surface area contributed by atoms with Gasteiger partial charge in [-0.1, -0.05) is 33.1 Å². The molecule has 0 aromatic heterocycles. The minimum Gasteiger partial charge on any atom is -0.382 e. The monoisotopic (exact) mass is 403 g/mol. The molecule has 0 saturated carbocycles.